The standard InChI is InChI=1S/C52H32N4O/c53-33-34-11-10-18-42(31-34)37-21-25-41(26-22-37)51-54-50(40-23-19-36(20-24-40)35-12-4-1-5-13-35)55-52(56-51)43-27-28-46-47(32-43)57-49-45(39-16-8-3-9-17-39)30-29-44(48(46)49)38-14-6-2-7-15-38/h1-32H. The van der Waals surface area contributed by atoms with Crippen molar-refractivity contribution >= 4 is 21.9 Å². The summed E-state index contributed by atoms with van der Waals surface area (Å²) < 4.78 is 6.83. The van der Waals surface area contributed by atoms with Crippen LogP contribution in [0, 0.1) is 11.3 Å². The lowest BCUT2D eigenvalue weighted by atomic mass is 9.94. The number of furan rings is 1. The van der Waals surface area contributed by atoms with E-state index in [0.29, 0.717) is 23.0 Å². The summed E-state index contributed by atoms with van der Waals surface area (Å²) in [6, 6.07) is 68.1. The predicted molar refractivity (Wildman–Crippen MR) is 230 cm³/mol. The Kier molecular flexibility index (Phi) is 8.48. The van der Waals surface area contributed by atoms with Gasteiger partial charge in [-0.15, -0.1) is 0 Å². The fourth-order valence-corrected chi connectivity index (χ4v) is 7.51. The van der Waals surface area contributed by atoms with Crippen LogP contribution in [0.3, 0.4) is 0 Å². The van der Waals surface area contributed by atoms with Gasteiger partial charge in [0, 0.05) is 33.0 Å². The number of hydrogen-bond acceptors (Lipinski definition) is 5. The molecule has 10 aromatic rings. The lowest BCUT2D eigenvalue weighted by molar-refractivity contribution is 0.670. The highest BCUT2D eigenvalue weighted by atomic mass is 16.3. The number of aromatic nitrogens is 3. The van der Waals surface area contributed by atoms with Gasteiger partial charge in [0.05, 0.1) is 11.6 Å². The molecule has 5 heteroatoms. The van der Waals surface area contributed by atoms with Crippen molar-refractivity contribution < 1.29 is 4.42 Å². The Morgan fingerprint density at radius 2 is 0.825 bits per heavy atom. The van der Waals surface area contributed by atoms with E-state index in [4.69, 9.17) is 19.4 Å². The highest BCUT2D eigenvalue weighted by Gasteiger charge is 2.19. The molecule has 57 heavy (non-hydrogen) atoms. The van der Waals surface area contributed by atoms with Crippen LogP contribution in [0.4, 0.5) is 0 Å². The molecule has 0 unspecified atom stereocenters. The maximum atomic E-state index is 9.45. The van der Waals surface area contributed by atoms with Crippen LogP contribution in [0.5, 0.6) is 0 Å². The zero-order valence-electron chi connectivity index (χ0n) is 30.7. The Balaban J connectivity index is 1.12. The summed E-state index contributed by atoms with van der Waals surface area (Å²) in [7, 11) is 0. The summed E-state index contributed by atoms with van der Waals surface area (Å²) in [6.07, 6.45) is 0. The van der Waals surface area contributed by atoms with Crippen LogP contribution in [0.1, 0.15) is 5.56 Å². The van der Waals surface area contributed by atoms with Crippen molar-refractivity contribution in [1.82, 2.24) is 15.0 Å². The third kappa shape index (κ3) is 6.42. The lowest BCUT2D eigenvalue weighted by Gasteiger charge is -2.10. The number of nitriles is 1. The first-order valence-electron chi connectivity index (χ1n) is 18.8. The van der Waals surface area contributed by atoms with Crippen molar-refractivity contribution in [2.75, 3.05) is 0 Å². The quantitative estimate of drug-likeness (QED) is 0.163. The lowest BCUT2D eigenvalue weighted by Crippen LogP contribution is -2.00. The number of benzene rings is 8. The molecule has 0 fully saturated rings. The Morgan fingerprint density at radius 1 is 0.368 bits per heavy atom. The molecule has 0 aliphatic carbocycles. The molecule has 0 spiro atoms. The molecular formula is C52H32N4O. The summed E-state index contributed by atoms with van der Waals surface area (Å²) in [5.74, 6) is 1.67. The molecule has 0 amide bonds. The molecule has 0 atom stereocenters. The maximum absolute atomic E-state index is 9.45. The first-order valence-corrected chi connectivity index (χ1v) is 18.8. The van der Waals surface area contributed by atoms with Gasteiger partial charge in [0.1, 0.15) is 11.2 Å². The van der Waals surface area contributed by atoms with Crippen molar-refractivity contribution in [3.05, 3.63) is 200 Å². The minimum absolute atomic E-state index is 0.543. The van der Waals surface area contributed by atoms with E-state index in [9.17, 15) is 5.26 Å². The van der Waals surface area contributed by atoms with Crippen LogP contribution in [0.2, 0.25) is 0 Å². The van der Waals surface area contributed by atoms with Crippen LogP contribution >= 0.6 is 0 Å². The van der Waals surface area contributed by atoms with Gasteiger partial charge in [-0.2, -0.15) is 5.26 Å². The third-order valence-corrected chi connectivity index (χ3v) is 10.4. The van der Waals surface area contributed by atoms with Gasteiger partial charge >= 0.3 is 0 Å². The van der Waals surface area contributed by atoms with E-state index in [1.807, 2.05) is 84.9 Å². The van der Waals surface area contributed by atoms with E-state index < -0.39 is 0 Å². The Hall–Kier alpha value is -7.94. The van der Waals surface area contributed by atoms with Crippen LogP contribution < -0.4 is 0 Å². The van der Waals surface area contributed by atoms with Gasteiger partial charge in [-0.05, 0) is 69.3 Å². The maximum Gasteiger partial charge on any atom is 0.164 e. The Labute approximate surface area is 329 Å². The Bertz CT molecular complexity index is 3100. The van der Waals surface area contributed by atoms with E-state index in [0.717, 1.165) is 83.1 Å². The number of nitrogens with zero attached hydrogens (tertiary/aromatic N) is 4. The van der Waals surface area contributed by atoms with Gasteiger partial charge in [-0.25, -0.2) is 15.0 Å². The molecule has 5 nitrogen and oxygen atoms in total. The summed E-state index contributed by atoms with van der Waals surface area (Å²) in [5.41, 5.74) is 13.4. The number of fused-ring (bicyclic) bond motifs is 3. The molecule has 10 rings (SSSR count). The van der Waals surface area contributed by atoms with Gasteiger partial charge in [0.15, 0.2) is 17.5 Å². The molecule has 2 aromatic heterocycles. The molecule has 0 saturated heterocycles. The molecule has 0 N–H and O–H groups in total. The fraction of sp³-hybridized carbons (Fsp3) is 0. The number of rotatable bonds is 7. The van der Waals surface area contributed by atoms with Gasteiger partial charge in [0.2, 0.25) is 0 Å². The van der Waals surface area contributed by atoms with Crippen molar-refractivity contribution in [2.24, 2.45) is 0 Å². The fourth-order valence-electron chi connectivity index (χ4n) is 7.51. The number of hydrogen-bond donors (Lipinski definition) is 0. The monoisotopic (exact) mass is 728 g/mol. The summed E-state index contributed by atoms with van der Waals surface area (Å²) in [4.78, 5) is 15.2. The molecule has 0 bridgehead atoms. The predicted octanol–water partition coefficient (Wildman–Crippen LogP) is 13.3. The highest BCUT2D eigenvalue weighted by Crippen LogP contribution is 2.42. The van der Waals surface area contributed by atoms with Gasteiger partial charge in [-0.3, -0.25) is 0 Å². The molecule has 8 aromatic carbocycles. The van der Waals surface area contributed by atoms with Crippen LogP contribution in [0.15, 0.2) is 199 Å². The minimum atomic E-state index is 0.543. The third-order valence-electron chi connectivity index (χ3n) is 10.4. The van der Waals surface area contributed by atoms with Crippen LogP contribution in [0.25, 0.3) is 101 Å². The molecule has 0 saturated carbocycles. The average Bonchev–Trinajstić information content (AvgIpc) is 3.69. The molecule has 0 aliphatic rings. The molecular weight excluding hydrogens is 697 g/mol. The summed E-state index contributed by atoms with van der Waals surface area (Å²) in [6.45, 7) is 0. The summed E-state index contributed by atoms with van der Waals surface area (Å²) in [5, 5.41) is 11.5. The molecule has 266 valence electrons. The topological polar surface area (TPSA) is 75.6 Å². The SMILES string of the molecule is N#Cc1cccc(-c2ccc(-c3nc(-c4ccc(-c5ccccc5)cc4)nc(-c4ccc5c(c4)oc4c(-c6ccccc6)ccc(-c6ccccc6)c45)n3)cc2)c1. The van der Waals surface area contributed by atoms with E-state index in [-0.39, 0.29) is 0 Å². The summed E-state index contributed by atoms with van der Waals surface area (Å²) >= 11 is 0. The first-order chi connectivity index (χ1) is 28.2. The van der Waals surface area contributed by atoms with Crippen LogP contribution in [-0.4, -0.2) is 15.0 Å². The van der Waals surface area contributed by atoms with Crippen molar-refractivity contribution in [2.45, 2.75) is 0 Å². The second-order valence-corrected chi connectivity index (χ2v) is 13.9. The van der Waals surface area contributed by atoms with Crippen molar-refractivity contribution in [1.29, 1.82) is 5.26 Å². The van der Waals surface area contributed by atoms with Gasteiger partial charge in [-0.1, -0.05) is 164 Å². The van der Waals surface area contributed by atoms with E-state index in [1.54, 1.807) is 0 Å². The normalized spacial score (nSPS) is 11.1. The van der Waals surface area contributed by atoms with E-state index >= 15 is 0 Å². The molecule has 0 radical (unpaired) electrons. The van der Waals surface area contributed by atoms with Gasteiger partial charge < -0.3 is 4.42 Å². The van der Waals surface area contributed by atoms with Gasteiger partial charge in [0.25, 0.3) is 0 Å². The van der Waals surface area contributed by atoms with E-state index in [1.165, 1.54) is 0 Å². The second-order valence-electron chi connectivity index (χ2n) is 13.9. The van der Waals surface area contributed by atoms with Crippen LogP contribution in [-0.2, 0) is 0 Å². The average molecular weight is 729 g/mol. The zero-order chi connectivity index (χ0) is 38.1. The van der Waals surface area contributed by atoms with Crippen molar-refractivity contribution in [3.8, 4) is 84.7 Å². The molecule has 0 aliphatic heterocycles. The Morgan fingerprint density at radius 3 is 1.42 bits per heavy atom. The highest BCUT2D eigenvalue weighted by molar-refractivity contribution is 6.16. The van der Waals surface area contributed by atoms with Crippen molar-refractivity contribution in [3.63, 3.8) is 0 Å². The minimum Gasteiger partial charge on any atom is -0.455 e. The smallest absolute Gasteiger partial charge is 0.164 e. The largest absolute Gasteiger partial charge is 0.455 e. The zero-order valence-corrected chi connectivity index (χ0v) is 30.7. The second kappa shape index (κ2) is 14.4. The molecule has 2 heterocycles. The van der Waals surface area contributed by atoms with E-state index in [2.05, 4.69) is 115 Å². The first kappa shape index (κ1) is 33.6.